The molecule has 0 atom stereocenters. The van der Waals surface area contributed by atoms with Gasteiger partial charge in [0.25, 0.3) is 0 Å². The Hall–Kier alpha value is -2.17. The van der Waals surface area contributed by atoms with Crippen molar-refractivity contribution >= 4 is 17.5 Å². The summed E-state index contributed by atoms with van der Waals surface area (Å²) < 4.78 is 0. The summed E-state index contributed by atoms with van der Waals surface area (Å²) in [6, 6.07) is 3.91. The number of hydrogen-bond donors (Lipinski definition) is 1. The van der Waals surface area contributed by atoms with Crippen LogP contribution >= 0.6 is 0 Å². The number of nitrogen functional groups attached to an aromatic ring is 1. The predicted molar refractivity (Wildman–Crippen MR) is 86.7 cm³/mol. The van der Waals surface area contributed by atoms with Gasteiger partial charge in [0.2, 0.25) is 5.95 Å². The molecule has 5 nitrogen and oxygen atoms in total. The first-order valence-corrected chi connectivity index (χ1v) is 7.54. The zero-order valence-electron chi connectivity index (χ0n) is 13.0. The molecule has 2 heterocycles. The summed E-state index contributed by atoms with van der Waals surface area (Å²) in [5, 5.41) is 0. The molecule has 2 N–H and O–H groups in total. The molecule has 0 aliphatic rings. The molecule has 0 radical (unpaired) electrons. The minimum Gasteiger partial charge on any atom is -0.383 e. The van der Waals surface area contributed by atoms with Gasteiger partial charge in [-0.05, 0) is 31.9 Å². The number of hydrogen-bond acceptors (Lipinski definition) is 5. The Morgan fingerprint density at radius 1 is 1.19 bits per heavy atom. The van der Waals surface area contributed by atoms with Crippen molar-refractivity contribution in [1.29, 1.82) is 0 Å². The fraction of sp³-hybridized carbons (Fsp3) is 0.438. The van der Waals surface area contributed by atoms with Crippen LogP contribution in [-0.2, 0) is 12.8 Å². The number of aromatic nitrogens is 3. The highest BCUT2D eigenvalue weighted by Gasteiger charge is 2.15. The molecule has 0 amide bonds. The normalized spacial score (nSPS) is 10.6. The van der Waals surface area contributed by atoms with Gasteiger partial charge in [-0.25, -0.2) is 4.98 Å². The predicted octanol–water partition coefficient (Wildman–Crippen LogP) is 3.13. The average Bonchev–Trinajstić information content (AvgIpc) is 2.49. The highest BCUT2D eigenvalue weighted by molar-refractivity contribution is 5.58. The molecule has 0 saturated heterocycles. The van der Waals surface area contributed by atoms with Crippen molar-refractivity contribution in [1.82, 2.24) is 15.0 Å². The van der Waals surface area contributed by atoms with E-state index in [1.54, 1.807) is 6.20 Å². The third-order valence-corrected chi connectivity index (χ3v) is 3.47. The third-order valence-electron chi connectivity index (χ3n) is 3.47. The number of anilines is 3. The molecule has 2 rings (SSSR count). The van der Waals surface area contributed by atoms with E-state index in [-0.39, 0.29) is 0 Å². The zero-order chi connectivity index (χ0) is 15.2. The average molecular weight is 285 g/mol. The monoisotopic (exact) mass is 285 g/mol. The summed E-state index contributed by atoms with van der Waals surface area (Å²) in [6.45, 7) is 7.07. The number of aryl methyl sites for hydroxylation is 1. The Morgan fingerprint density at radius 2 is 2.00 bits per heavy atom. The molecule has 2 aromatic heterocycles. The Bertz CT molecular complexity index is 583. The molecule has 5 heteroatoms. The van der Waals surface area contributed by atoms with E-state index in [1.165, 1.54) is 0 Å². The number of rotatable bonds is 6. The van der Waals surface area contributed by atoms with E-state index in [0.717, 1.165) is 42.8 Å². The molecule has 0 aliphatic carbocycles. The quantitative estimate of drug-likeness (QED) is 0.883. The van der Waals surface area contributed by atoms with E-state index >= 15 is 0 Å². The second-order valence-electron chi connectivity index (χ2n) is 4.89. The highest BCUT2D eigenvalue weighted by atomic mass is 15.3. The van der Waals surface area contributed by atoms with Gasteiger partial charge in [-0.1, -0.05) is 20.3 Å². The molecule has 0 saturated carbocycles. The lowest BCUT2D eigenvalue weighted by molar-refractivity contribution is 0.831. The fourth-order valence-corrected chi connectivity index (χ4v) is 2.44. The van der Waals surface area contributed by atoms with E-state index < -0.39 is 0 Å². The second-order valence-corrected chi connectivity index (χ2v) is 4.89. The van der Waals surface area contributed by atoms with Crippen molar-refractivity contribution < 1.29 is 0 Å². The van der Waals surface area contributed by atoms with E-state index in [1.807, 2.05) is 23.2 Å². The minimum absolute atomic E-state index is 0.591. The maximum Gasteiger partial charge on any atom is 0.232 e. The van der Waals surface area contributed by atoms with Crippen LogP contribution in [0.25, 0.3) is 0 Å². The lowest BCUT2D eigenvalue weighted by Crippen LogP contribution is -2.21. The molecule has 21 heavy (non-hydrogen) atoms. The Balaban J connectivity index is 2.47. The van der Waals surface area contributed by atoms with Gasteiger partial charge in [0.05, 0.1) is 17.6 Å². The summed E-state index contributed by atoms with van der Waals surface area (Å²) in [7, 11) is 0. The van der Waals surface area contributed by atoms with Crippen LogP contribution in [0.15, 0.2) is 24.5 Å². The summed E-state index contributed by atoms with van der Waals surface area (Å²) in [6.07, 6.45) is 6.40. The molecule has 0 aromatic carbocycles. The number of nitrogens with two attached hydrogens (primary N) is 1. The van der Waals surface area contributed by atoms with Gasteiger partial charge in [-0.15, -0.1) is 0 Å². The van der Waals surface area contributed by atoms with Gasteiger partial charge >= 0.3 is 0 Å². The molecule has 0 bridgehead atoms. The minimum atomic E-state index is 0.591. The molecule has 0 aliphatic heterocycles. The first-order valence-electron chi connectivity index (χ1n) is 7.54. The van der Waals surface area contributed by atoms with Crippen molar-refractivity contribution in [3.05, 3.63) is 35.8 Å². The second kappa shape index (κ2) is 7.02. The largest absolute Gasteiger partial charge is 0.383 e. The molecule has 0 spiro atoms. The van der Waals surface area contributed by atoms with Gasteiger partial charge in [0, 0.05) is 18.3 Å². The van der Waals surface area contributed by atoms with Crippen LogP contribution in [0, 0.1) is 0 Å². The summed E-state index contributed by atoms with van der Waals surface area (Å²) in [4.78, 5) is 15.4. The summed E-state index contributed by atoms with van der Waals surface area (Å²) >= 11 is 0. The number of pyridine rings is 1. The Kier molecular flexibility index (Phi) is 5.09. The Morgan fingerprint density at radius 3 is 2.57 bits per heavy atom. The van der Waals surface area contributed by atoms with E-state index in [4.69, 9.17) is 10.7 Å². The van der Waals surface area contributed by atoms with E-state index in [0.29, 0.717) is 11.8 Å². The first-order chi connectivity index (χ1) is 10.2. The van der Waals surface area contributed by atoms with Gasteiger partial charge < -0.3 is 10.6 Å². The van der Waals surface area contributed by atoms with Gasteiger partial charge in [0.1, 0.15) is 5.82 Å². The smallest absolute Gasteiger partial charge is 0.232 e. The lowest BCUT2D eigenvalue weighted by atomic mass is 10.1. The van der Waals surface area contributed by atoms with Gasteiger partial charge in [-0.2, -0.15) is 4.98 Å². The first kappa shape index (κ1) is 15.2. The SMILES string of the molecule is CCCc1nc(N(CC)c2cccnc2)nc(N)c1CC. The lowest BCUT2D eigenvalue weighted by Gasteiger charge is -2.22. The Labute approximate surface area is 126 Å². The molecule has 0 unspecified atom stereocenters. The van der Waals surface area contributed by atoms with Crippen LogP contribution in [0.5, 0.6) is 0 Å². The summed E-state index contributed by atoms with van der Waals surface area (Å²) in [5.74, 6) is 1.25. The highest BCUT2D eigenvalue weighted by Crippen LogP contribution is 2.25. The van der Waals surface area contributed by atoms with Gasteiger partial charge in [0.15, 0.2) is 0 Å². The summed E-state index contributed by atoms with van der Waals surface area (Å²) in [5.41, 5.74) is 9.25. The van der Waals surface area contributed by atoms with Crippen LogP contribution in [0.2, 0.25) is 0 Å². The topological polar surface area (TPSA) is 67.9 Å². The molecular formula is C16H23N5. The molecule has 112 valence electrons. The van der Waals surface area contributed by atoms with E-state index in [9.17, 15) is 0 Å². The maximum atomic E-state index is 6.14. The van der Waals surface area contributed by atoms with Crippen LogP contribution < -0.4 is 10.6 Å². The van der Waals surface area contributed by atoms with Crippen molar-refractivity contribution in [2.45, 2.75) is 40.0 Å². The fourth-order valence-electron chi connectivity index (χ4n) is 2.44. The van der Waals surface area contributed by atoms with Crippen LogP contribution in [-0.4, -0.2) is 21.5 Å². The third kappa shape index (κ3) is 3.29. The van der Waals surface area contributed by atoms with Crippen molar-refractivity contribution in [2.24, 2.45) is 0 Å². The molecular weight excluding hydrogens is 262 g/mol. The molecule has 2 aromatic rings. The zero-order valence-corrected chi connectivity index (χ0v) is 13.0. The number of nitrogens with zero attached hydrogens (tertiary/aromatic N) is 4. The van der Waals surface area contributed by atoms with Gasteiger partial charge in [-0.3, -0.25) is 4.98 Å². The van der Waals surface area contributed by atoms with E-state index in [2.05, 4.69) is 30.7 Å². The van der Waals surface area contributed by atoms with Crippen LogP contribution in [0.1, 0.15) is 38.4 Å². The van der Waals surface area contributed by atoms with Crippen LogP contribution in [0.4, 0.5) is 17.5 Å². The molecule has 0 fully saturated rings. The van der Waals surface area contributed by atoms with Crippen molar-refractivity contribution in [3.8, 4) is 0 Å². The van der Waals surface area contributed by atoms with Crippen molar-refractivity contribution in [3.63, 3.8) is 0 Å². The maximum absolute atomic E-state index is 6.14. The van der Waals surface area contributed by atoms with Crippen molar-refractivity contribution in [2.75, 3.05) is 17.2 Å². The van der Waals surface area contributed by atoms with Crippen LogP contribution in [0.3, 0.4) is 0 Å². The standard InChI is InChI=1S/C16H23N5/c1-4-8-14-13(5-2)15(17)20-16(19-14)21(6-3)12-9-7-10-18-11-12/h7,9-11H,4-6,8H2,1-3H3,(H2,17,19,20).